The van der Waals surface area contributed by atoms with Gasteiger partial charge in [-0.05, 0) is 43.2 Å². The molecule has 0 saturated carbocycles. The summed E-state index contributed by atoms with van der Waals surface area (Å²) in [6, 6.07) is 11.2. The average molecular weight is 297 g/mol. The number of anilines is 1. The molecule has 1 N–H and O–H groups in total. The van der Waals surface area contributed by atoms with E-state index in [1.165, 1.54) is 0 Å². The van der Waals surface area contributed by atoms with E-state index in [0.717, 1.165) is 23.3 Å². The van der Waals surface area contributed by atoms with Gasteiger partial charge in [-0.1, -0.05) is 12.1 Å². The monoisotopic (exact) mass is 297 g/mol. The summed E-state index contributed by atoms with van der Waals surface area (Å²) < 4.78 is 11.2. The molecular weight excluding hydrogens is 278 g/mol. The van der Waals surface area contributed by atoms with Gasteiger partial charge in [-0.2, -0.15) is 0 Å². The SMILES string of the molecule is Cc1cccc(C(=O)Nc2ccc3c(c2)OCCCO3)c1C. The van der Waals surface area contributed by atoms with E-state index < -0.39 is 0 Å². The number of ether oxygens (including phenoxy) is 2. The molecule has 1 amide bonds. The zero-order chi connectivity index (χ0) is 15.5. The maximum atomic E-state index is 12.4. The predicted molar refractivity (Wildman–Crippen MR) is 85.9 cm³/mol. The van der Waals surface area contributed by atoms with Gasteiger partial charge >= 0.3 is 0 Å². The lowest BCUT2D eigenvalue weighted by atomic mass is 10.0. The molecule has 0 aromatic heterocycles. The van der Waals surface area contributed by atoms with Crippen molar-refractivity contribution < 1.29 is 14.3 Å². The van der Waals surface area contributed by atoms with Crippen LogP contribution in [0.3, 0.4) is 0 Å². The van der Waals surface area contributed by atoms with Crippen molar-refractivity contribution in [3.8, 4) is 11.5 Å². The topological polar surface area (TPSA) is 47.6 Å². The first-order chi connectivity index (χ1) is 10.6. The standard InChI is InChI=1S/C18H19NO3/c1-12-5-3-6-15(13(12)2)18(20)19-14-7-8-16-17(11-14)22-10-4-9-21-16/h3,5-8,11H,4,9-10H2,1-2H3,(H,19,20). The quantitative estimate of drug-likeness (QED) is 0.919. The molecule has 3 rings (SSSR count). The second kappa shape index (κ2) is 6.10. The Kier molecular flexibility index (Phi) is 4.00. The number of nitrogens with one attached hydrogen (secondary N) is 1. The highest BCUT2D eigenvalue weighted by molar-refractivity contribution is 6.05. The van der Waals surface area contributed by atoms with Gasteiger partial charge in [-0.25, -0.2) is 0 Å². The van der Waals surface area contributed by atoms with Crippen molar-refractivity contribution in [2.45, 2.75) is 20.3 Å². The third kappa shape index (κ3) is 2.91. The summed E-state index contributed by atoms with van der Waals surface area (Å²) in [4.78, 5) is 12.4. The van der Waals surface area contributed by atoms with Gasteiger partial charge in [0.05, 0.1) is 13.2 Å². The van der Waals surface area contributed by atoms with E-state index in [0.29, 0.717) is 30.2 Å². The fourth-order valence-electron chi connectivity index (χ4n) is 2.44. The summed E-state index contributed by atoms with van der Waals surface area (Å²) in [6.45, 7) is 5.24. The number of fused-ring (bicyclic) bond motifs is 1. The molecule has 0 bridgehead atoms. The molecule has 2 aromatic rings. The smallest absolute Gasteiger partial charge is 0.255 e. The van der Waals surface area contributed by atoms with Crippen LogP contribution in [0.1, 0.15) is 27.9 Å². The van der Waals surface area contributed by atoms with E-state index in [1.807, 2.05) is 50.2 Å². The lowest BCUT2D eigenvalue weighted by Crippen LogP contribution is -2.14. The Hall–Kier alpha value is -2.49. The molecule has 0 spiro atoms. The van der Waals surface area contributed by atoms with Crippen LogP contribution >= 0.6 is 0 Å². The van der Waals surface area contributed by atoms with Crippen LogP contribution in [-0.2, 0) is 0 Å². The van der Waals surface area contributed by atoms with E-state index in [2.05, 4.69) is 5.32 Å². The zero-order valence-electron chi connectivity index (χ0n) is 12.8. The Morgan fingerprint density at radius 2 is 1.82 bits per heavy atom. The minimum atomic E-state index is -0.115. The molecule has 4 nitrogen and oxygen atoms in total. The van der Waals surface area contributed by atoms with Crippen molar-refractivity contribution in [1.29, 1.82) is 0 Å². The highest BCUT2D eigenvalue weighted by Gasteiger charge is 2.14. The molecule has 1 aliphatic rings. The van der Waals surface area contributed by atoms with Gasteiger partial charge < -0.3 is 14.8 Å². The summed E-state index contributed by atoms with van der Waals surface area (Å²) in [5.74, 6) is 1.29. The van der Waals surface area contributed by atoms with Gasteiger partial charge in [0.25, 0.3) is 5.91 Å². The minimum Gasteiger partial charge on any atom is -0.490 e. The largest absolute Gasteiger partial charge is 0.490 e. The van der Waals surface area contributed by atoms with Crippen molar-refractivity contribution in [2.75, 3.05) is 18.5 Å². The third-order valence-corrected chi connectivity index (χ3v) is 3.85. The summed E-state index contributed by atoms with van der Waals surface area (Å²) >= 11 is 0. The molecule has 22 heavy (non-hydrogen) atoms. The zero-order valence-corrected chi connectivity index (χ0v) is 12.8. The lowest BCUT2D eigenvalue weighted by Gasteiger charge is -2.12. The molecule has 114 valence electrons. The van der Waals surface area contributed by atoms with E-state index in [1.54, 1.807) is 0 Å². The normalized spacial score (nSPS) is 13.4. The van der Waals surface area contributed by atoms with Crippen molar-refractivity contribution >= 4 is 11.6 Å². The maximum Gasteiger partial charge on any atom is 0.255 e. The molecule has 0 fully saturated rings. The summed E-state index contributed by atoms with van der Waals surface area (Å²) in [7, 11) is 0. The van der Waals surface area contributed by atoms with E-state index in [4.69, 9.17) is 9.47 Å². The number of rotatable bonds is 2. The number of hydrogen-bond acceptors (Lipinski definition) is 3. The maximum absolute atomic E-state index is 12.4. The van der Waals surface area contributed by atoms with Crippen LogP contribution in [0.2, 0.25) is 0 Å². The number of hydrogen-bond donors (Lipinski definition) is 1. The molecule has 2 aromatic carbocycles. The number of carbonyl (C=O) groups excluding carboxylic acids is 1. The van der Waals surface area contributed by atoms with Crippen LogP contribution in [0.5, 0.6) is 11.5 Å². The Labute approximate surface area is 130 Å². The first-order valence-electron chi connectivity index (χ1n) is 7.42. The molecule has 0 saturated heterocycles. The minimum absolute atomic E-state index is 0.115. The van der Waals surface area contributed by atoms with Gasteiger partial charge in [0.15, 0.2) is 11.5 Å². The van der Waals surface area contributed by atoms with Gasteiger partial charge in [-0.3, -0.25) is 4.79 Å². The summed E-state index contributed by atoms with van der Waals surface area (Å²) in [5.41, 5.74) is 3.49. The van der Waals surface area contributed by atoms with Crippen molar-refractivity contribution in [1.82, 2.24) is 0 Å². The van der Waals surface area contributed by atoms with Crippen molar-refractivity contribution in [3.05, 3.63) is 53.1 Å². The molecule has 1 heterocycles. The van der Waals surface area contributed by atoms with Crippen LogP contribution in [-0.4, -0.2) is 19.1 Å². The van der Waals surface area contributed by atoms with E-state index >= 15 is 0 Å². The Bertz CT molecular complexity index is 709. The molecule has 0 radical (unpaired) electrons. The molecule has 0 atom stereocenters. The first kappa shape index (κ1) is 14.4. The van der Waals surface area contributed by atoms with Gasteiger partial charge in [-0.15, -0.1) is 0 Å². The Morgan fingerprint density at radius 3 is 2.64 bits per heavy atom. The predicted octanol–water partition coefficient (Wildman–Crippen LogP) is 3.72. The van der Waals surface area contributed by atoms with Gasteiger partial charge in [0.2, 0.25) is 0 Å². The fourth-order valence-corrected chi connectivity index (χ4v) is 2.44. The second-order valence-corrected chi connectivity index (χ2v) is 5.41. The highest BCUT2D eigenvalue weighted by Crippen LogP contribution is 2.32. The molecule has 0 aliphatic carbocycles. The lowest BCUT2D eigenvalue weighted by molar-refractivity contribution is 0.102. The number of benzene rings is 2. The van der Waals surface area contributed by atoms with Gasteiger partial charge in [0.1, 0.15) is 0 Å². The number of carbonyl (C=O) groups is 1. The Morgan fingerprint density at radius 1 is 1.05 bits per heavy atom. The second-order valence-electron chi connectivity index (χ2n) is 5.41. The van der Waals surface area contributed by atoms with E-state index in [-0.39, 0.29) is 5.91 Å². The molecular formula is C18H19NO3. The highest BCUT2D eigenvalue weighted by atomic mass is 16.5. The van der Waals surface area contributed by atoms with Crippen LogP contribution in [0.25, 0.3) is 0 Å². The number of amides is 1. The fraction of sp³-hybridized carbons (Fsp3) is 0.278. The summed E-state index contributed by atoms with van der Waals surface area (Å²) in [5, 5.41) is 2.92. The van der Waals surface area contributed by atoms with Crippen LogP contribution in [0.4, 0.5) is 5.69 Å². The average Bonchev–Trinajstić information content (AvgIpc) is 2.74. The Balaban J connectivity index is 1.82. The van der Waals surface area contributed by atoms with Crippen LogP contribution < -0.4 is 14.8 Å². The van der Waals surface area contributed by atoms with Crippen molar-refractivity contribution in [2.24, 2.45) is 0 Å². The first-order valence-corrected chi connectivity index (χ1v) is 7.42. The third-order valence-electron chi connectivity index (χ3n) is 3.85. The van der Waals surface area contributed by atoms with Crippen LogP contribution in [0, 0.1) is 13.8 Å². The van der Waals surface area contributed by atoms with Crippen LogP contribution in [0.15, 0.2) is 36.4 Å². The molecule has 4 heteroatoms. The molecule has 0 unspecified atom stereocenters. The summed E-state index contributed by atoms with van der Waals surface area (Å²) in [6.07, 6.45) is 0.860. The van der Waals surface area contributed by atoms with Gasteiger partial charge in [0, 0.05) is 23.7 Å². The number of aryl methyl sites for hydroxylation is 1. The van der Waals surface area contributed by atoms with E-state index in [9.17, 15) is 4.79 Å². The molecule has 1 aliphatic heterocycles. The van der Waals surface area contributed by atoms with Crippen molar-refractivity contribution in [3.63, 3.8) is 0 Å².